The van der Waals surface area contributed by atoms with Crippen LogP contribution in [-0.2, 0) is 13.2 Å². The summed E-state index contributed by atoms with van der Waals surface area (Å²) in [4.78, 5) is 0. The van der Waals surface area contributed by atoms with Crippen LogP contribution in [0.15, 0.2) is 11.8 Å². The average Bonchev–Trinajstić information content (AvgIpc) is 2.80. The van der Waals surface area contributed by atoms with Crippen LogP contribution in [0.4, 0.5) is 87.8 Å². The Balaban J connectivity index is 3.79. The fraction of sp³-hybridized carbons (Fsp3) is 0.529. The molecule has 1 rings (SSSR count). The number of aliphatic hydroxyl groups excluding tert-OH is 2. The highest BCUT2D eigenvalue weighted by atomic mass is 19.4. The van der Waals surface area contributed by atoms with Crippen LogP contribution in [0.1, 0.15) is 11.1 Å². The number of aliphatic hydroxyl groups is 2. The van der Waals surface area contributed by atoms with Crippen LogP contribution in [0, 0.1) is 17.5 Å². The molecule has 0 amide bonds. The van der Waals surface area contributed by atoms with E-state index in [1.54, 1.807) is 0 Å². The number of ether oxygens (including phenoxy) is 1. The average molecular weight is 638 g/mol. The summed E-state index contributed by atoms with van der Waals surface area (Å²) in [6.07, 6.45) is -7.91. The summed E-state index contributed by atoms with van der Waals surface area (Å²) in [7, 11) is 0. The second-order valence-corrected chi connectivity index (χ2v) is 7.18. The van der Waals surface area contributed by atoms with Gasteiger partial charge in [0.2, 0.25) is 11.6 Å². The Morgan fingerprint density at radius 3 is 1.18 bits per heavy atom. The molecule has 40 heavy (non-hydrogen) atoms. The molecule has 1 aromatic rings. The molecule has 0 bridgehead atoms. The molecule has 0 aliphatic rings. The van der Waals surface area contributed by atoms with Crippen molar-refractivity contribution in [1.29, 1.82) is 0 Å². The van der Waals surface area contributed by atoms with Gasteiger partial charge < -0.3 is 14.9 Å². The molecule has 23 heteroatoms. The molecular weight excluding hydrogens is 632 g/mol. The van der Waals surface area contributed by atoms with Crippen molar-refractivity contribution in [2.24, 2.45) is 0 Å². The Labute approximate surface area is 205 Å². The van der Waals surface area contributed by atoms with Crippen molar-refractivity contribution >= 4 is 0 Å². The molecule has 0 aliphatic carbocycles. The van der Waals surface area contributed by atoms with E-state index in [1.165, 1.54) is 0 Å². The van der Waals surface area contributed by atoms with E-state index in [1.807, 2.05) is 0 Å². The summed E-state index contributed by atoms with van der Waals surface area (Å²) < 4.78 is 269. The van der Waals surface area contributed by atoms with Crippen molar-refractivity contribution in [2.75, 3.05) is 0 Å². The van der Waals surface area contributed by atoms with Gasteiger partial charge in [-0.25, -0.2) is 13.2 Å². The van der Waals surface area contributed by atoms with Crippen LogP contribution >= 0.6 is 0 Å². The summed E-state index contributed by atoms with van der Waals surface area (Å²) in [6.45, 7) is -3.75. The van der Waals surface area contributed by atoms with Gasteiger partial charge in [-0.3, -0.25) is 0 Å². The van der Waals surface area contributed by atoms with Gasteiger partial charge in [-0.15, -0.1) is 0 Å². The van der Waals surface area contributed by atoms with Crippen molar-refractivity contribution in [3.8, 4) is 5.75 Å². The number of hydrogen-bond donors (Lipinski definition) is 2. The predicted octanol–water partition coefficient (Wildman–Crippen LogP) is 6.95. The first-order chi connectivity index (χ1) is 17.6. The molecule has 0 fully saturated rings. The quantitative estimate of drug-likeness (QED) is 0.216. The van der Waals surface area contributed by atoms with Crippen molar-refractivity contribution in [2.45, 2.75) is 54.9 Å². The number of alkyl halides is 15. The molecule has 0 aliphatic heterocycles. The van der Waals surface area contributed by atoms with E-state index >= 15 is 0 Å². The second-order valence-electron chi connectivity index (χ2n) is 7.18. The maximum Gasteiger partial charge on any atom is 0.460 e. The maximum atomic E-state index is 14.0. The highest BCUT2D eigenvalue weighted by Gasteiger charge is 2.93. The van der Waals surface area contributed by atoms with Gasteiger partial charge in [0.15, 0.2) is 11.6 Å². The number of rotatable bonds is 10. The minimum Gasteiger partial charge on any atom is -0.423 e. The lowest BCUT2D eigenvalue weighted by Crippen LogP contribution is -2.72. The molecule has 0 unspecified atom stereocenters. The van der Waals surface area contributed by atoms with Crippen molar-refractivity contribution in [3.05, 3.63) is 40.4 Å². The first-order valence-corrected chi connectivity index (χ1v) is 9.03. The van der Waals surface area contributed by atoms with E-state index in [2.05, 4.69) is 4.74 Å². The van der Waals surface area contributed by atoms with Crippen molar-refractivity contribution < 1.29 is 103 Å². The van der Waals surface area contributed by atoms with Crippen LogP contribution in [0.5, 0.6) is 5.75 Å². The molecule has 0 aromatic heterocycles. The molecular formula is C17H6F20O3. The number of hydrogen-bond acceptors (Lipinski definition) is 3. The van der Waals surface area contributed by atoms with E-state index < -0.39 is 101 Å². The zero-order valence-corrected chi connectivity index (χ0v) is 17.8. The Morgan fingerprint density at radius 2 is 0.850 bits per heavy atom. The molecule has 232 valence electrons. The highest BCUT2D eigenvalue weighted by Crippen LogP contribution is 2.63. The Morgan fingerprint density at radius 1 is 0.525 bits per heavy atom. The number of halogens is 20. The monoisotopic (exact) mass is 638 g/mol. The van der Waals surface area contributed by atoms with Crippen LogP contribution in [0.2, 0.25) is 0 Å². The summed E-state index contributed by atoms with van der Waals surface area (Å²) in [5, 5.41) is 17.5. The van der Waals surface area contributed by atoms with Gasteiger partial charge in [-0.05, 0) is 0 Å². The summed E-state index contributed by atoms with van der Waals surface area (Å²) in [5.41, 5.74) is -3.66. The standard InChI is InChI=1S/C17H6F20O3/c18-5-3(1-38)6(19)8(7(20)4(5)2-39)40-10(22)9(21)11(23,24)12(25,26)13(27,28)14(29,30)15(31,32)16(33,34)17(35,36)37/h38-39H,1-2H2. The van der Waals surface area contributed by atoms with Gasteiger partial charge in [0, 0.05) is 0 Å². The molecule has 0 heterocycles. The number of benzene rings is 1. The van der Waals surface area contributed by atoms with Gasteiger partial charge >= 0.3 is 47.7 Å². The smallest absolute Gasteiger partial charge is 0.423 e. The van der Waals surface area contributed by atoms with E-state index in [0.29, 0.717) is 0 Å². The van der Waals surface area contributed by atoms with Crippen LogP contribution < -0.4 is 4.74 Å². The Kier molecular flexibility index (Phi) is 9.07. The largest absolute Gasteiger partial charge is 0.460 e. The minimum absolute atomic E-state index is 1.83. The fourth-order valence-corrected chi connectivity index (χ4v) is 2.47. The summed E-state index contributed by atoms with van der Waals surface area (Å²) >= 11 is 0. The molecule has 1 aromatic carbocycles. The molecule has 0 saturated carbocycles. The lowest BCUT2D eigenvalue weighted by molar-refractivity contribution is -0.451. The normalized spacial score (nSPS) is 15.3. The molecule has 0 saturated heterocycles. The molecule has 0 atom stereocenters. The Bertz CT molecular complexity index is 1120. The van der Waals surface area contributed by atoms with E-state index in [0.717, 1.165) is 0 Å². The van der Waals surface area contributed by atoms with E-state index in [9.17, 15) is 87.8 Å². The zero-order chi connectivity index (χ0) is 32.2. The van der Waals surface area contributed by atoms with Crippen LogP contribution in [0.3, 0.4) is 0 Å². The van der Waals surface area contributed by atoms with E-state index in [-0.39, 0.29) is 0 Å². The van der Waals surface area contributed by atoms with Gasteiger partial charge in [-0.2, -0.15) is 74.6 Å². The molecule has 2 N–H and O–H groups in total. The topological polar surface area (TPSA) is 49.7 Å². The fourth-order valence-electron chi connectivity index (χ4n) is 2.47. The Hall–Kier alpha value is -2.72. The van der Waals surface area contributed by atoms with E-state index in [4.69, 9.17) is 10.2 Å². The van der Waals surface area contributed by atoms with Gasteiger partial charge in [-0.1, -0.05) is 0 Å². The molecule has 3 nitrogen and oxygen atoms in total. The van der Waals surface area contributed by atoms with Crippen LogP contribution in [-0.4, -0.2) is 51.9 Å². The SMILES string of the molecule is OCc1c(F)c(CO)c(F)c(OC(F)=C(F)C(F)(F)C(F)(F)C(F)(F)C(F)(F)C(F)(F)C(F)(F)C(F)(F)F)c1F. The summed E-state index contributed by atoms with van der Waals surface area (Å²) in [6, 6.07) is -4.21. The lowest BCUT2D eigenvalue weighted by atomic mass is 9.91. The zero-order valence-electron chi connectivity index (χ0n) is 17.8. The molecule has 0 radical (unpaired) electrons. The van der Waals surface area contributed by atoms with Gasteiger partial charge in [0.1, 0.15) is 5.82 Å². The van der Waals surface area contributed by atoms with Crippen LogP contribution in [0.25, 0.3) is 0 Å². The lowest BCUT2D eigenvalue weighted by Gasteiger charge is -2.41. The third-order valence-corrected chi connectivity index (χ3v) is 4.74. The maximum absolute atomic E-state index is 14.0. The predicted molar refractivity (Wildman–Crippen MR) is 83.8 cm³/mol. The first-order valence-electron chi connectivity index (χ1n) is 9.03. The highest BCUT2D eigenvalue weighted by molar-refractivity contribution is 5.40. The van der Waals surface area contributed by atoms with Gasteiger partial charge in [0.05, 0.1) is 24.3 Å². The number of allylic oxidation sites excluding steroid dienone is 1. The second kappa shape index (κ2) is 10.3. The third-order valence-electron chi connectivity index (χ3n) is 4.74. The molecule has 0 spiro atoms. The first kappa shape index (κ1) is 35.3. The van der Waals surface area contributed by atoms with Crippen molar-refractivity contribution in [3.63, 3.8) is 0 Å². The van der Waals surface area contributed by atoms with Crippen molar-refractivity contribution in [1.82, 2.24) is 0 Å². The third kappa shape index (κ3) is 4.76. The van der Waals surface area contributed by atoms with Gasteiger partial charge in [0.25, 0.3) is 0 Å². The summed E-state index contributed by atoms with van der Waals surface area (Å²) in [5.74, 6) is -66.5. The minimum atomic E-state index is -8.84.